The molecule has 2 fully saturated rings. The van der Waals surface area contributed by atoms with Crippen molar-refractivity contribution in [2.24, 2.45) is 5.41 Å². The van der Waals surface area contributed by atoms with E-state index in [0.717, 1.165) is 12.8 Å². The molecule has 0 radical (unpaired) electrons. The fourth-order valence-corrected chi connectivity index (χ4v) is 2.95. The van der Waals surface area contributed by atoms with Crippen LogP contribution in [0.4, 0.5) is 8.78 Å². The van der Waals surface area contributed by atoms with Gasteiger partial charge in [-0.1, -0.05) is 18.2 Å². The summed E-state index contributed by atoms with van der Waals surface area (Å²) in [7, 11) is 0. The van der Waals surface area contributed by atoms with Crippen molar-refractivity contribution in [2.45, 2.75) is 37.9 Å². The summed E-state index contributed by atoms with van der Waals surface area (Å²) in [5.74, 6) is -0.401. The van der Waals surface area contributed by atoms with Crippen molar-refractivity contribution in [3.63, 3.8) is 0 Å². The van der Waals surface area contributed by atoms with E-state index in [0.29, 0.717) is 24.9 Å². The zero-order valence-corrected chi connectivity index (χ0v) is 11.9. The lowest BCUT2D eigenvalue weighted by atomic mass is 9.94. The lowest BCUT2D eigenvalue weighted by Gasteiger charge is -2.29. The maximum Gasteiger partial charge on any atom is 0.226 e. The fourth-order valence-electron chi connectivity index (χ4n) is 2.95. The van der Waals surface area contributed by atoms with Gasteiger partial charge in [0.2, 0.25) is 5.91 Å². The highest BCUT2D eigenvalue weighted by molar-refractivity contribution is 5.86. The monoisotopic (exact) mass is 294 g/mol. The van der Waals surface area contributed by atoms with Gasteiger partial charge in [-0.15, -0.1) is 0 Å². The third-order valence-corrected chi connectivity index (χ3v) is 4.55. The predicted molar refractivity (Wildman–Crippen MR) is 76.1 cm³/mol. The summed E-state index contributed by atoms with van der Waals surface area (Å²) >= 11 is 0. The van der Waals surface area contributed by atoms with Crippen LogP contribution in [0.3, 0.4) is 0 Å². The molecule has 5 heteroatoms. The van der Waals surface area contributed by atoms with E-state index in [9.17, 15) is 13.6 Å². The molecule has 3 rings (SSSR count). The Morgan fingerprint density at radius 3 is 2.81 bits per heavy atom. The SMILES string of the molecule is O=C(N[C@H]1CCNC[C@@H]1F)C1(Cc2ccccc2F)CC1. The van der Waals surface area contributed by atoms with Gasteiger partial charge < -0.3 is 10.6 Å². The van der Waals surface area contributed by atoms with Crippen molar-refractivity contribution in [1.29, 1.82) is 0 Å². The van der Waals surface area contributed by atoms with Crippen molar-refractivity contribution in [3.8, 4) is 0 Å². The van der Waals surface area contributed by atoms with Crippen LogP contribution >= 0.6 is 0 Å². The van der Waals surface area contributed by atoms with Gasteiger partial charge in [-0.3, -0.25) is 4.79 Å². The van der Waals surface area contributed by atoms with Crippen LogP contribution in [0.5, 0.6) is 0 Å². The summed E-state index contributed by atoms with van der Waals surface area (Å²) < 4.78 is 27.5. The molecule has 2 aliphatic rings. The van der Waals surface area contributed by atoms with Crippen molar-refractivity contribution < 1.29 is 13.6 Å². The number of hydrogen-bond donors (Lipinski definition) is 2. The van der Waals surface area contributed by atoms with E-state index in [1.807, 2.05) is 0 Å². The highest BCUT2D eigenvalue weighted by Gasteiger charge is 2.50. The van der Waals surface area contributed by atoms with E-state index in [2.05, 4.69) is 10.6 Å². The molecule has 1 aliphatic heterocycles. The molecule has 1 aromatic rings. The standard InChI is InChI=1S/C16H20F2N2O/c17-12-4-2-1-3-11(12)9-16(6-7-16)15(21)20-14-5-8-19-10-13(14)18/h1-4,13-14,19H,5-10H2,(H,20,21)/t13-,14-/m0/s1. The molecule has 2 atom stereocenters. The highest BCUT2D eigenvalue weighted by Crippen LogP contribution is 2.49. The van der Waals surface area contributed by atoms with Gasteiger partial charge >= 0.3 is 0 Å². The first-order valence-electron chi connectivity index (χ1n) is 7.50. The fraction of sp³-hybridized carbons (Fsp3) is 0.562. The van der Waals surface area contributed by atoms with Crippen molar-refractivity contribution in [2.75, 3.05) is 13.1 Å². The normalized spacial score (nSPS) is 27.1. The maximum atomic E-state index is 13.8. The molecular weight excluding hydrogens is 274 g/mol. The quantitative estimate of drug-likeness (QED) is 0.891. The van der Waals surface area contributed by atoms with Crippen LogP contribution in [-0.2, 0) is 11.2 Å². The minimum absolute atomic E-state index is 0.125. The summed E-state index contributed by atoms with van der Waals surface area (Å²) in [4.78, 5) is 12.4. The highest BCUT2D eigenvalue weighted by atomic mass is 19.1. The summed E-state index contributed by atoms with van der Waals surface area (Å²) in [6, 6.07) is 6.12. The number of hydrogen-bond acceptors (Lipinski definition) is 2. The van der Waals surface area contributed by atoms with Crippen molar-refractivity contribution in [1.82, 2.24) is 10.6 Å². The van der Waals surface area contributed by atoms with E-state index in [1.54, 1.807) is 18.2 Å². The third kappa shape index (κ3) is 3.07. The molecule has 1 saturated carbocycles. The van der Waals surface area contributed by atoms with Gasteiger partial charge in [0.05, 0.1) is 11.5 Å². The molecule has 2 N–H and O–H groups in total. The van der Waals surface area contributed by atoms with Gasteiger partial charge in [-0.2, -0.15) is 0 Å². The first-order valence-corrected chi connectivity index (χ1v) is 7.50. The van der Waals surface area contributed by atoms with E-state index >= 15 is 0 Å². The number of alkyl halides is 1. The smallest absolute Gasteiger partial charge is 0.226 e. The minimum Gasteiger partial charge on any atom is -0.350 e. The van der Waals surface area contributed by atoms with E-state index in [4.69, 9.17) is 0 Å². The molecule has 3 nitrogen and oxygen atoms in total. The van der Waals surface area contributed by atoms with Gasteiger partial charge in [0.1, 0.15) is 12.0 Å². The topological polar surface area (TPSA) is 41.1 Å². The molecule has 1 aliphatic carbocycles. The van der Waals surface area contributed by atoms with Crippen LogP contribution in [0.1, 0.15) is 24.8 Å². The Morgan fingerprint density at radius 2 is 2.14 bits per heavy atom. The summed E-state index contributed by atoms with van der Waals surface area (Å²) in [5, 5.41) is 5.80. The average Bonchev–Trinajstić information content (AvgIpc) is 3.25. The van der Waals surface area contributed by atoms with Crippen LogP contribution < -0.4 is 10.6 Å². The van der Waals surface area contributed by atoms with Crippen LogP contribution in [-0.4, -0.2) is 31.2 Å². The first kappa shape index (κ1) is 14.4. The third-order valence-electron chi connectivity index (χ3n) is 4.55. The summed E-state index contributed by atoms with van der Waals surface area (Å²) in [6.07, 6.45) is 1.44. The minimum atomic E-state index is -1.05. The van der Waals surface area contributed by atoms with Gasteiger partial charge in [0.15, 0.2) is 0 Å². The van der Waals surface area contributed by atoms with Crippen LogP contribution in [0, 0.1) is 11.2 Å². The number of piperidine rings is 1. The lowest BCUT2D eigenvalue weighted by molar-refractivity contribution is -0.127. The second kappa shape index (κ2) is 5.72. The molecule has 1 heterocycles. The van der Waals surface area contributed by atoms with Crippen LogP contribution in [0.2, 0.25) is 0 Å². The second-order valence-electron chi connectivity index (χ2n) is 6.14. The molecule has 114 valence electrons. The number of amides is 1. The number of carbonyl (C=O) groups is 1. The number of nitrogens with one attached hydrogen (secondary N) is 2. The molecular formula is C16H20F2N2O. The summed E-state index contributed by atoms with van der Waals surface area (Å²) in [5.41, 5.74) is 0.0273. The Kier molecular flexibility index (Phi) is 3.93. The molecule has 0 spiro atoms. The number of rotatable bonds is 4. The van der Waals surface area contributed by atoms with E-state index in [-0.39, 0.29) is 18.3 Å². The number of carbonyl (C=O) groups excluding carboxylic acids is 1. The van der Waals surface area contributed by atoms with Crippen LogP contribution in [0.25, 0.3) is 0 Å². The zero-order chi connectivity index (χ0) is 14.9. The van der Waals surface area contributed by atoms with Crippen molar-refractivity contribution in [3.05, 3.63) is 35.6 Å². The Hall–Kier alpha value is -1.49. The summed E-state index contributed by atoms with van der Waals surface area (Å²) in [6.45, 7) is 0.997. The average molecular weight is 294 g/mol. The zero-order valence-electron chi connectivity index (χ0n) is 11.9. The largest absolute Gasteiger partial charge is 0.350 e. The first-order chi connectivity index (χ1) is 10.1. The number of benzene rings is 1. The molecule has 1 amide bonds. The molecule has 0 aromatic heterocycles. The predicted octanol–water partition coefficient (Wildman–Crippen LogP) is 1.96. The molecule has 0 bridgehead atoms. The molecule has 1 aromatic carbocycles. The van der Waals surface area contributed by atoms with E-state index < -0.39 is 17.6 Å². The van der Waals surface area contributed by atoms with Gasteiger partial charge in [0, 0.05) is 6.54 Å². The molecule has 1 saturated heterocycles. The van der Waals surface area contributed by atoms with E-state index in [1.165, 1.54) is 6.07 Å². The Labute approximate surface area is 123 Å². The molecule has 21 heavy (non-hydrogen) atoms. The Morgan fingerprint density at radius 1 is 1.38 bits per heavy atom. The maximum absolute atomic E-state index is 13.8. The molecule has 0 unspecified atom stereocenters. The lowest BCUT2D eigenvalue weighted by Crippen LogP contribution is -2.52. The van der Waals surface area contributed by atoms with Gasteiger partial charge in [-0.05, 0) is 43.9 Å². The Balaban J connectivity index is 1.65. The van der Waals surface area contributed by atoms with Crippen LogP contribution in [0.15, 0.2) is 24.3 Å². The van der Waals surface area contributed by atoms with Gasteiger partial charge in [-0.25, -0.2) is 8.78 Å². The number of halogens is 2. The van der Waals surface area contributed by atoms with Crippen molar-refractivity contribution >= 4 is 5.91 Å². The Bertz CT molecular complexity index is 531. The van der Waals surface area contributed by atoms with Gasteiger partial charge in [0.25, 0.3) is 0 Å². The second-order valence-corrected chi connectivity index (χ2v) is 6.14.